The zero-order valence-corrected chi connectivity index (χ0v) is 12.1. The maximum atomic E-state index is 11.9. The fourth-order valence-corrected chi connectivity index (χ4v) is 2.82. The van der Waals surface area contributed by atoms with Gasteiger partial charge in [0, 0.05) is 10.6 Å². The number of rotatable bonds is 2. The van der Waals surface area contributed by atoms with Crippen LogP contribution in [0.5, 0.6) is 0 Å². The second-order valence-corrected chi connectivity index (χ2v) is 5.79. The number of benzene rings is 1. The molecule has 0 amide bonds. The van der Waals surface area contributed by atoms with E-state index >= 15 is 0 Å². The van der Waals surface area contributed by atoms with Crippen LogP contribution in [0.3, 0.4) is 0 Å². The largest absolute Gasteiger partial charge is 0.477 e. The minimum absolute atomic E-state index is 0.0201. The van der Waals surface area contributed by atoms with Crippen LogP contribution in [0.15, 0.2) is 47.3 Å². The lowest BCUT2D eigenvalue weighted by Gasteiger charge is -2.03. The number of carboxylic acid groups (broad SMARTS) is 1. The molecule has 0 spiro atoms. The first kappa shape index (κ1) is 13.7. The van der Waals surface area contributed by atoms with Gasteiger partial charge in [-0.2, -0.15) is 0 Å². The molecule has 0 bridgehead atoms. The standard InChI is InChI=1S/C15H8ClNO3S/c16-9-3-1-8(2-4-9)11-6-5-10-12(17-11)7-13(14(18)19)21-15(10)20/h1-7H,(H,18,19). The van der Waals surface area contributed by atoms with E-state index in [-0.39, 0.29) is 9.62 Å². The zero-order chi connectivity index (χ0) is 15.0. The van der Waals surface area contributed by atoms with Crippen molar-refractivity contribution in [1.29, 1.82) is 0 Å². The molecule has 0 radical (unpaired) electrons. The van der Waals surface area contributed by atoms with Crippen molar-refractivity contribution in [2.75, 3.05) is 0 Å². The van der Waals surface area contributed by atoms with E-state index in [1.165, 1.54) is 6.07 Å². The first-order valence-electron chi connectivity index (χ1n) is 5.99. The van der Waals surface area contributed by atoms with Crippen LogP contribution in [0.2, 0.25) is 5.02 Å². The van der Waals surface area contributed by atoms with Gasteiger partial charge in [-0.05, 0) is 30.3 Å². The summed E-state index contributed by atoms with van der Waals surface area (Å²) in [7, 11) is 0. The molecule has 0 aliphatic heterocycles. The van der Waals surface area contributed by atoms with E-state index in [9.17, 15) is 9.59 Å². The highest BCUT2D eigenvalue weighted by atomic mass is 35.5. The van der Waals surface area contributed by atoms with Gasteiger partial charge in [-0.1, -0.05) is 35.1 Å². The lowest BCUT2D eigenvalue weighted by Crippen LogP contribution is -2.03. The van der Waals surface area contributed by atoms with Crippen molar-refractivity contribution in [1.82, 2.24) is 4.98 Å². The molecule has 0 aliphatic carbocycles. The van der Waals surface area contributed by atoms with E-state index in [0.717, 1.165) is 5.56 Å². The second kappa shape index (κ2) is 5.27. The van der Waals surface area contributed by atoms with Crippen LogP contribution in [-0.4, -0.2) is 16.1 Å². The van der Waals surface area contributed by atoms with E-state index in [4.69, 9.17) is 16.7 Å². The maximum Gasteiger partial charge on any atom is 0.346 e. The second-order valence-electron chi connectivity index (χ2n) is 4.34. The Bertz CT molecular complexity index is 903. The number of carbonyl (C=O) groups is 1. The fraction of sp³-hybridized carbons (Fsp3) is 0. The fourth-order valence-electron chi connectivity index (χ4n) is 1.95. The molecule has 21 heavy (non-hydrogen) atoms. The highest BCUT2D eigenvalue weighted by Crippen LogP contribution is 2.22. The maximum absolute atomic E-state index is 11.9. The highest BCUT2D eigenvalue weighted by Gasteiger charge is 2.10. The van der Waals surface area contributed by atoms with Crippen molar-refractivity contribution in [2.24, 2.45) is 0 Å². The Balaban J connectivity index is 2.21. The summed E-state index contributed by atoms with van der Waals surface area (Å²) in [5, 5.41) is 10.1. The van der Waals surface area contributed by atoms with Gasteiger partial charge in [0.25, 0.3) is 0 Å². The monoisotopic (exact) mass is 317 g/mol. The Labute approximate surface area is 128 Å². The lowest BCUT2D eigenvalue weighted by atomic mass is 10.1. The van der Waals surface area contributed by atoms with Crippen molar-refractivity contribution >= 4 is 39.8 Å². The van der Waals surface area contributed by atoms with Crippen LogP contribution < -0.4 is 4.74 Å². The molecular weight excluding hydrogens is 310 g/mol. The summed E-state index contributed by atoms with van der Waals surface area (Å²) in [6.07, 6.45) is 0. The molecule has 0 saturated carbocycles. The average Bonchev–Trinajstić information content (AvgIpc) is 2.47. The van der Waals surface area contributed by atoms with E-state index in [1.54, 1.807) is 24.3 Å². The number of halogens is 1. The minimum atomic E-state index is -1.13. The minimum Gasteiger partial charge on any atom is -0.477 e. The Hall–Kier alpha value is -2.24. The Morgan fingerprint density at radius 3 is 2.52 bits per heavy atom. The summed E-state index contributed by atoms with van der Waals surface area (Å²) in [5.41, 5.74) is 1.88. The number of hydrogen-bond donors (Lipinski definition) is 1. The van der Waals surface area contributed by atoms with Gasteiger partial charge in [-0.15, -0.1) is 0 Å². The van der Waals surface area contributed by atoms with Gasteiger partial charge in [-0.25, -0.2) is 9.78 Å². The molecule has 3 rings (SSSR count). The predicted molar refractivity (Wildman–Crippen MR) is 83.3 cm³/mol. The molecule has 4 nitrogen and oxygen atoms in total. The van der Waals surface area contributed by atoms with Crippen LogP contribution in [0, 0.1) is 0 Å². The number of pyridine rings is 1. The van der Waals surface area contributed by atoms with Crippen molar-refractivity contribution in [2.45, 2.75) is 0 Å². The van der Waals surface area contributed by atoms with Crippen molar-refractivity contribution in [3.63, 3.8) is 0 Å². The summed E-state index contributed by atoms with van der Waals surface area (Å²) in [4.78, 5) is 27.3. The van der Waals surface area contributed by atoms with Gasteiger partial charge >= 0.3 is 5.97 Å². The molecule has 0 fully saturated rings. The normalized spacial score (nSPS) is 10.7. The molecule has 6 heteroatoms. The van der Waals surface area contributed by atoms with Crippen LogP contribution >= 0.6 is 22.9 Å². The van der Waals surface area contributed by atoms with E-state index in [0.29, 0.717) is 33.0 Å². The predicted octanol–water partition coefficient (Wildman–Crippen LogP) is 3.68. The van der Waals surface area contributed by atoms with Crippen molar-refractivity contribution in [3.8, 4) is 11.3 Å². The molecule has 0 atom stereocenters. The smallest absolute Gasteiger partial charge is 0.346 e. The zero-order valence-electron chi connectivity index (χ0n) is 10.5. The highest BCUT2D eigenvalue weighted by molar-refractivity contribution is 7.11. The topological polar surface area (TPSA) is 67.3 Å². The van der Waals surface area contributed by atoms with Gasteiger partial charge < -0.3 is 5.11 Å². The van der Waals surface area contributed by atoms with Crippen molar-refractivity contribution < 1.29 is 9.90 Å². The Kier molecular flexibility index (Phi) is 3.45. The quantitative estimate of drug-likeness (QED) is 0.783. The van der Waals surface area contributed by atoms with Gasteiger partial charge in [0.1, 0.15) is 4.88 Å². The van der Waals surface area contributed by atoms with Gasteiger partial charge in [-0.3, -0.25) is 4.79 Å². The summed E-state index contributed by atoms with van der Waals surface area (Å²) in [6, 6.07) is 12.0. The molecule has 1 N–H and O–H groups in total. The molecule has 2 heterocycles. The van der Waals surface area contributed by atoms with Crippen molar-refractivity contribution in [3.05, 3.63) is 61.9 Å². The first-order valence-corrected chi connectivity index (χ1v) is 7.18. The van der Waals surface area contributed by atoms with Crippen LogP contribution in [0.1, 0.15) is 9.67 Å². The Morgan fingerprint density at radius 1 is 1.14 bits per heavy atom. The van der Waals surface area contributed by atoms with Gasteiger partial charge in [0.2, 0.25) is 4.74 Å². The SMILES string of the molecule is O=C(O)c1cc2nc(-c3ccc(Cl)cc3)ccc2c(=O)s1. The molecule has 0 aliphatic rings. The van der Waals surface area contributed by atoms with E-state index in [2.05, 4.69) is 4.98 Å². The number of hydrogen-bond acceptors (Lipinski definition) is 4. The van der Waals surface area contributed by atoms with E-state index in [1.807, 2.05) is 12.1 Å². The number of fused-ring (bicyclic) bond motifs is 1. The number of carboxylic acids is 1. The Morgan fingerprint density at radius 2 is 1.86 bits per heavy atom. The van der Waals surface area contributed by atoms with E-state index < -0.39 is 5.97 Å². The average molecular weight is 318 g/mol. The third kappa shape index (κ3) is 2.66. The lowest BCUT2D eigenvalue weighted by molar-refractivity contribution is 0.0702. The third-order valence-electron chi connectivity index (χ3n) is 2.97. The summed E-state index contributed by atoms with van der Waals surface area (Å²) >= 11 is 6.55. The molecule has 104 valence electrons. The molecule has 3 aromatic rings. The third-order valence-corrected chi connectivity index (χ3v) is 4.14. The number of aromatic carboxylic acids is 1. The number of aromatic nitrogens is 1. The molecule has 1 aromatic carbocycles. The van der Waals surface area contributed by atoms with Gasteiger partial charge in [0.05, 0.1) is 16.6 Å². The summed E-state index contributed by atoms with van der Waals surface area (Å²) in [5.74, 6) is -1.13. The van der Waals surface area contributed by atoms with Gasteiger partial charge in [0.15, 0.2) is 0 Å². The van der Waals surface area contributed by atoms with Crippen LogP contribution in [0.25, 0.3) is 22.2 Å². The number of nitrogens with zero attached hydrogens (tertiary/aromatic N) is 1. The molecule has 0 unspecified atom stereocenters. The summed E-state index contributed by atoms with van der Waals surface area (Å²) < 4.78 is -0.306. The van der Waals surface area contributed by atoms with Crippen LogP contribution in [0.4, 0.5) is 0 Å². The summed E-state index contributed by atoms with van der Waals surface area (Å²) in [6.45, 7) is 0. The molecule has 2 aromatic heterocycles. The van der Waals surface area contributed by atoms with Crippen LogP contribution in [-0.2, 0) is 0 Å². The molecular formula is C15H8ClNO3S. The molecule has 0 saturated heterocycles. The first-order chi connectivity index (χ1) is 10.0.